The molecule has 7 nitrogen and oxygen atoms in total. The highest BCUT2D eigenvalue weighted by Crippen LogP contribution is 2.62. The summed E-state index contributed by atoms with van der Waals surface area (Å²) >= 11 is 0. The van der Waals surface area contributed by atoms with Crippen LogP contribution >= 0.6 is 0 Å². The fourth-order valence-electron chi connectivity index (χ4n) is 8.28. The van der Waals surface area contributed by atoms with Crippen LogP contribution in [-0.2, 0) is 19.1 Å². The first-order valence-corrected chi connectivity index (χ1v) is 12.6. The summed E-state index contributed by atoms with van der Waals surface area (Å²) in [5.74, 6) is 1.27. The van der Waals surface area contributed by atoms with E-state index < -0.39 is 29.7 Å². The van der Waals surface area contributed by atoms with E-state index in [9.17, 15) is 14.4 Å². The summed E-state index contributed by atoms with van der Waals surface area (Å²) in [7, 11) is 1.37. The number of ether oxygens (including phenoxy) is 2. The molecule has 0 aromatic heterocycles. The maximum absolute atomic E-state index is 14.3. The lowest BCUT2D eigenvalue weighted by Gasteiger charge is -2.59. The predicted molar refractivity (Wildman–Crippen MR) is 122 cm³/mol. The molecule has 0 aromatic rings. The molecule has 1 aliphatic heterocycles. The van der Waals surface area contributed by atoms with E-state index in [2.05, 4.69) is 11.9 Å². The first-order valence-electron chi connectivity index (χ1n) is 12.6. The van der Waals surface area contributed by atoms with E-state index in [0.717, 1.165) is 31.3 Å². The monoisotopic (exact) mass is 458 g/mol. The largest absolute Gasteiger partial charge is 0.467 e. The van der Waals surface area contributed by atoms with E-state index >= 15 is 0 Å². The van der Waals surface area contributed by atoms with Crippen LogP contribution in [0.15, 0.2) is 12.2 Å². The third-order valence-electron chi connectivity index (χ3n) is 8.93. The molecule has 5 aliphatic carbocycles. The molecule has 182 valence electrons. The predicted octanol–water partition coefficient (Wildman–Crippen LogP) is 3.81. The summed E-state index contributed by atoms with van der Waals surface area (Å²) in [6.07, 6.45) is 7.51. The summed E-state index contributed by atoms with van der Waals surface area (Å²) < 4.78 is 10.7. The highest BCUT2D eigenvalue weighted by Gasteiger charge is 2.61. The molecule has 6 rings (SSSR count). The van der Waals surface area contributed by atoms with Gasteiger partial charge in [-0.2, -0.15) is 0 Å². The summed E-state index contributed by atoms with van der Waals surface area (Å²) in [6.45, 7) is 9.63. The third kappa shape index (κ3) is 3.85. The van der Waals surface area contributed by atoms with Gasteiger partial charge in [-0.25, -0.2) is 9.59 Å². The molecule has 4 atom stereocenters. The Morgan fingerprint density at radius 3 is 2.15 bits per heavy atom. The van der Waals surface area contributed by atoms with Gasteiger partial charge in [0.05, 0.1) is 7.11 Å². The summed E-state index contributed by atoms with van der Waals surface area (Å²) in [5.41, 5.74) is 0.103. The van der Waals surface area contributed by atoms with Crippen molar-refractivity contribution in [3.05, 3.63) is 12.2 Å². The van der Waals surface area contributed by atoms with E-state index in [4.69, 9.17) is 9.47 Å². The lowest BCUT2D eigenvalue weighted by Crippen LogP contribution is -2.65. The molecule has 6 aliphatic rings. The van der Waals surface area contributed by atoms with Crippen LogP contribution in [0, 0.1) is 29.1 Å². The Morgan fingerprint density at radius 1 is 1.06 bits per heavy atom. The number of alkyl carbamates (subject to hydrolysis) is 1. The van der Waals surface area contributed by atoms with E-state index in [-0.39, 0.29) is 23.3 Å². The van der Waals surface area contributed by atoms with Gasteiger partial charge in [-0.3, -0.25) is 4.79 Å². The van der Waals surface area contributed by atoms with Crippen LogP contribution in [0.2, 0.25) is 0 Å². The van der Waals surface area contributed by atoms with Crippen molar-refractivity contribution in [2.45, 2.75) is 95.9 Å². The second-order valence-corrected chi connectivity index (χ2v) is 12.4. The number of amides is 2. The SMILES string of the molecule is C=C1C[C@@H]2C[C@H]1[C@@H](C(=O)OC)N2C(=O)[C@@H](NC(=O)OC(C)(C)C)C12CC3CC(CC(C3)C1)C2. The lowest BCUT2D eigenvalue weighted by molar-refractivity contribution is -0.159. The number of hydrogen-bond acceptors (Lipinski definition) is 5. The molecule has 0 unspecified atom stereocenters. The summed E-state index contributed by atoms with van der Waals surface area (Å²) in [5, 5.41) is 3.03. The second kappa shape index (κ2) is 7.74. The van der Waals surface area contributed by atoms with Crippen LogP contribution in [-0.4, -0.2) is 53.7 Å². The van der Waals surface area contributed by atoms with Gasteiger partial charge in [-0.05, 0) is 89.9 Å². The number of fused-ring (bicyclic) bond motifs is 2. The van der Waals surface area contributed by atoms with Gasteiger partial charge in [0.15, 0.2) is 0 Å². The molecule has 0 spiro atoms. The van der Waals surface area contributed by atoms with Crippen molar-refractivity contribution in [3.63, 3.8) is 0 Å². The quantitative estimate of drug-likeness (QED) is 0.511. The molecule has 33 heavy (non-hydrogen) atoms. The van der Waals surface area contributed by atoms with Gasteiger partial charge < -0.3 is 19.7 Å². The van der Waals surface area contributed by atoms with Crippen molar-refractivity contribution >= 4 is 18.0 Å². The summed E-state index contributed by atoms with van der Waals surface area (Å²) in [4.78, 5) is 41.8. The van der Waals surface area contributed by atoms with Crippen molar-refractivity contribution in [2.75, 3.05) is 7.11 Å². The van der Waals surface area contributed by atoms with Crippen molar-refractivity contribution in [2.24, 2.45) is 29.1 Å². The molecule has 1 heterocycles. The zero-order valence-electron chi connectivity index (χ0n) is 20.4. The molecule has 6 fully saturated rings. The van der Waals surface area contributed by atoms with Gasteiger partial charge in [0.25, 0.3) is 0 Å². The highest BCUT2D eigenvalue weighted by atomic mass is 16.6. The van der Waals surface area contributed by atoms with Gasteiger partial charge >= 0.3 is 12.1 Å². The molecule has 0 aromatic carbocycles. The van der Waals surface area contributed by atoms with Gasteiger partial charge in [-0.15, -0.1) is 0 Å². The van der Waals surface area contributed by atoms with Crippen LogP contribution in [0.3, 0.4) is 0 Å². The molecule has 2 amide bonds. The van der Waals surface area contributed by atoms with Crippen LogP contribution in [0.4, 0.5) is 4.79 Å². The van der Waals surface area contributed by atoms with Gasteiger partial charge in [0.1, 0.15) is 17.7 Å². The minimum atomic E-state index is -0.680. The molecule has 1 N–H and O–H groups in total. The Labute approximate surface area is 196 Å². The van der Waals surface area contributed by atoms with E-state index in [0.29, 0.717) is 24.2 Å². The Bertz CT molecular complexity index is 839. The van der Waals surface area contributed by atoms with Crippen molar-refractivity contribution in [3.8, 4) is 0 Å². The number of piperidine rings is 1. The topological polar surface area (TPSA) is 84.9 Å². The van der Waals surface area contributed by atoms with Crippen LogP contribution in [0.1, 0.15) is 72.1 Å². The van der Waals surface area contributed by atoms with Gasteiger partial charge in [0, 0.05) is 17.4 Å². The van der Waals surface area contributed by atoms with Gasteiger partial charge in [-0.1, -0.05) is 12.2 Å². The molecular formula is C26H38N2O5. The van der Waals surface area contributed by atoms with Crippen molar-refractivity contribution in [1.82, 2.24) is 10.2 Å². The fourth-order valence-corrected chi connectivity index (χ4v) is 8.28. The first kappa shape index (κ1) is 22.7. The van der Waals surface area contributed by atoms with E-state index in [1.165, 1.54) is 26.4 Å². The number of rotatable bonds is 4. The zero-order chi connectivity index (χ0) is 23.7. The molecule has 1 saturated heterocycles. The maximum Gasteiger partial charge on any atom is 0.408 e. The van der Waals surface area contributed by atoms with Crippen LogP contribution < -0.4 is 5.32 Å². The second-order valence-electron chi connectivity index (χ2n) is 12.4. The van der Waals surface area contributed by atoms with Gasteiger partial charge in [0.2, 0.25) is 5.91 Å². The molecular weight excluding hydrogens is 420 g/mol. The number of esters is 1. The molecule has 7 heteroatoms. The number of hydrogen-bond donors (Lipinski definition) is 1. The minimum Gasteiger partial charge on any atom is -0.467 e. The lowest BCUT2D eigenvalue weighted by atomic mass is 9.47. The maximum atomic E-state index is 14.3. The number of likely N-dealkylation sites (tertiary alicyclic amines) is 1. The van der Waals surface area contributed by atoms with Crippen LogP contribution in [0.5, 0.6) is 0 Å². The Kier molecular flexibility index (Phi) is 5.33. The van der Waals surface area contributed by atoms with E-state index in [1.807, 2.05) is 20.8 Å². The number of methoxy groups -OCH3 is 1. The number of nitrogens with zero attached hydrogens (tertiary/aromatic N) is 1. The molecule has 5 saturated carbocycles. The zero-order valence-corrected chi connectivity index (χ0v) is 20.4. The van der Waals surface area contributed by atoms with Crippen molar-refractivity contribution < 1.29 is 23.9 Å². The average molecular weight is 459 g/mol. The van der Waals surface area contributed by atoms with Crippen molar-refractivity contribution in [1.29, 1.82) is 0 Å². The number of nitrogens with one attached hydrogen (secondary N) is 1. The first-order chi connectivity index (χ1) is 15.5. The minimum absolute atomic E-state index is 0.0593. The fraction of sp³-hybridized carbons (Fsp3) is 0.808. The van der Waals surface area contributed by atoms with E-state index in [1.54, 1.807) is 4.90 Å². The highest BCUT2D eigenvalue weighted by molar-refractivity contribution is 5.92. The normalized spacial score (nSPS) is 39.5. The molecule has 0 radical (unpaired) electrons. The summed E-state index contributed by atoms with van der Waals surface area (Å²) in [6, 6.07) is -1.39. The number of carbonyl (C=O) groups is 3. The molecule has 6 bridgehead atoms. The van der Waals surface area contributed by atoms with Crippen LogP contribution in [0.25, 0.3) is 0 Å². The Balaban J connectivity index is 1.48. The third-order valence-corrected chi connectivity index (χ3v) is 8.93. The Hall–Kier alpha value is -2.05. The average Bonchev–Trinajstić information content (AvgIpc) is 3.25. The standard InChI is InChI=1S/C26H38N2O5/c1-14-6-18-10-19(14)20(23(30)32-5)28(18)22(29)21(27-24(31)33-25(2,3)4)26-11-15-7-16(12-26)9-17(8-15)13-26/h15-21H,1,6-13H2,2-5H3,(H,27,31)/t15?,16?,17?,18-,19-,20+,21-,26?/m1/s1. The smallest absolute Gasteiger partial charge is 0.408 e. The Morgan fingerprint density at radius 2 is 1.64 bits per heavy atom. The number of carbonyl (C=O) groups excluding carboxylic acids is 3.